The van der Waals surface area contributed by atoms with Crippen LogP contribution in [-0.4, -0.2) is 32.0 Å². The van der Waals surface area contributed by atoms with Gasteiger partial charge in [-0.05, 0) is 6.42 Å². The first kappa shape index (κ1) is 14.1. The summed E-state index contributed by atoms with van der Waals surface area (Å²) in [6, 6.07) is 0. The smallest absolute Gasteiger partial charge is 0.220 e. The summed E-state index contributed by atoms with van der Waals surface area (Å²) in [6.07, 6.45) is 1.09. The molecule has 0 saturated heterocycles. The van der Waals surface area contributed by atoms with Gasteiger partial charge < -0.3 is 10.1 Å². The molecular weight excluding hydrogens is 194 g/mol. The van der Waals surface area contributed by atoms with Crippen LogP contribution in [0.4, 0.5) is 0 Å². The van der Waals surface area contributed by atoms with Crippen LogP contribution in [0.3, 0.4) is 0 Å². The van der Waals surface area contributed by atoms with Crippen LogP contribution in [-0.2, 0) is 14.3 Å². The van der Waals surface area contributed by atoms with Gasteiger partial charge in [0.2, 0.25) is 5.91 Å². The fourth-order valence-corrected chi connectivity index (χ4v) is 0.909. The summed E-state index contributed by atoms with van der Waals surface area (Å²) in [5.41, 5.74) is -0.389. The fourth-order valence-electron chi connectivity index (χ4n) is 0.909. The van der Waals surface area contributed by atoms with Gasteiger partial charge in [0, 0.05) is 25.6 Å². The van der Waals surface area contributed by atoms with Crippen LogP contribution < -0.4 is 5.32 Å². The van der Waals surface area contributed by atoms with Gasteiger partial charge in [-0.1, -0.05) is 20.8 Å². The van der Waals surface area contributed by atoms with Crippen LogP contribution in [0.15, 0.2) is 0 Å². The Hall–Kier alpha value is -0.900. The molecule has 0 aliphatic carbocycles. The lowest BCUT2D eigenvalue weighted by Gasteiger charge is -2.16. The van der Waals surface area contributed by atoms with Crippen molar-refractivity contribution in [3.05, 3.63) is 0 Å². The molecule has 4 nitrogen and oxygen atoms in total. The predicted molar refractivity (Wildman–Crippen MR) is 58.6 cm³/mol. The van der Waals surface area contributed by atoms with Gasteiger partial charge in [-0.25, -0.2) is 0 Å². The molecule has 0 unspecified atom stereocenters. The predicted octanol–water partition coefficient (Wildman–Crippen LogP) is 1.14. The summed E-state index contributed by atoms with van der Waals surface area (Å²) in [5, 5.41) is 2.60. The first-order valence-corrected chi connectivity index (χ1v) is 5.17. The number of rotatable bonds is 6. The highest BCUT2D eigenvalue weighted by atomic mass is 16.5. The number of nitrogens with one attached hydrogen (secondary N) is 1. The Balaban J connectivity index is 3.67. The molecule has 0 aliphatic rings. The van der Waals surface area contributed by atoms with Gasteiger partial charge in [0.25, 0.3) is 0 Å². The van der Waals surface area contributed by atoms with E-state index in [-0.39, 0.29) is 23.7 Å². The van der Waals surface area contributed by atoms with E-state index in [9.17, 15) is 9.59 Å². The minimum atomic E-state index is -0.389. The third-order valence-corrected chi connectivity index (χ3v) is 2.03. The van der Waals surface area contributed by atoms with Crippen LogP contribution in [0, 0.1) is 5.41 Å². The monoisotopic (exact) mass is 215 g/mol. The molecule has 0 aromatic carbocycles. The third kappa shape index (κ3) is 7.08. The van der Waals surface area contributed by atoms with Crippen LogP contribution in [0.5, 0.6) is 0 Å². The van der Waals surface area contributed by atoms with E-state index >= 15 is 0 Å². The zero-order valence-corrected chi connectivity index (χ0v) is 10.1. The number of amides is 1. The van der Waals surface area contributed by atoms with Crippen molar-refractivity contribution in [2.24, 2.45) is 5.41 Å². The Bertz CT molecular complexity index is 218. The molecule has 4 heteroatoms. The Kier molecular flexibility index (Phi) is 6.17. The number of ether oxygens (including phenoxy) is 1. The molecule has 1 N–H and O–H groups in total. The normalized spacial score (nSPS) is 11.2. The maximum absolute atomic E-state index is 11.5. The Morgan fingerprint density at radius 2 is 1.87 bits per heavy atom. The highest BCUT2D eigenvalue weighted by molar-refractivity contribution is 5.89. The van der Waals surface area contributed by atoms with Gasteiger partial charge in [0.15, 0.2) is 5.78 Å². The van der Waals surface area contributed by atoms with Crippen LogP contribution in [0.2, 0.25) is 0 Å². The molecule has 0 heterocycles. The molecule has 0 spiro atoms. The van der Waals surface area contributed by atoms with E-state index in [0.717, 1.165) is 0 Å². The highest BCUT2D eigenvalue weighted by Crippen LogP contribution is 2.13. The van der Waals surface area contributed by atoms with Crippen molar-refractivity contribution in [3.63, 3.8) is 0 Å². The third-order valence-electron chi connectivity index (χ3n) is 2.03. The Morgan fingerprint density at radius 3 is 2.33 bits per heavy atom. The zero-order chi connectivity index (χ0) is 11.9. The van der Waals surface area contributed by atoms with Crippen molar-refractivity contribution < 1.29 is 14.3 Å². The van der Waals surface area contributed by atoms with Crippen molar-refractivity contribution in [3.8, 4) is 0 Å². The topological polar surface area (TPSA) is 55.4 Å². The molecule has 0 aromatic heterocycles. The minimum absolute atomic E-state index is 0.0441. The summed E-state index contributed by atoms with van der Waals surface area (Å²) in [6.45, 7) is 6.21. The number of ketones is 1. The van der Waals surface area contributed by atoms with E-state index < -0.39 is 0 Å². The number of hydrogen-bond acceptors (Lipinski definition) is 3. The van der Waals surface area contributed by atoms with Gasteiger partial charge in [-0.15, -0.1) is 0 Å². The summed E-state index contributed by atoms with van der Waals surface area (Å²) in [7, 11) is 1.60. The van der Waals surface area contributed by atoms with Gasteiger partial charge in [0.1, 0.15) is 0 Å². The van der Waals surface area contributed by atoms with Gasteiger partial charge >= 0.3 is 0 Å². The van der Waals surface area contributed by atoms with Gasteiger partial charge in [-0.3, -0.25) is 9.59 Å². The van der Waals surface area contributed by atoms with E-state index in [1.165, 1.54) is 0 Å². The average Bonchev–Trinajstić information content (AvgIpc) is 2.13. The van der Waals surface area contributed by atoms with E-state index in [0.29, 0.717) is 19.4 Å². The number of carbonyl (C=O) groups is 2. The van der Waals surface area contributed by atoms with Gasteiger partial charge in [0.05, 0.1) is 6.54 Å². The first-order chi connectivity index (χ1) is 6.88. The van der Waals surface area contributed by atoms with Crippen LogP contribution >= 0.6 is 0 Å². The van der Waals surface area contributed by atoms with Crippen LogP contribution in [0.25, 0.3) is 0 Å². The highest BCUT2D eigenvalue weighted by Gasteiger charge is 2.20. The SMILES string of the molecule is COCCCC(=O)NCC(=O)C(C)(C)C. The van der Waals surface area contributed by atoms with E-state index in [2.05, 4.69) is 5.32 Å². The quantitative estimate of drug-likeness (QED) is 0.676. The second kappa shape index (κ2) is 6.56. The summed E-state index contributed by atoms with van der Waals surface area (Å²) in [4.78, 5) is 22.7. The van der Waals surface area contributed by atoms with Crippen molar-refractivity contribution in [1.82, 2.24) is 5.32 Å². The zero-order valence-electron chi connectivity index (χ0n) is 10.1. The lowest BCUT2D eigenvalue weighted by atomic mass is 9.91. The summed E-state index contributed by atoms with van der Waals surface area (Å²) >= 11 is 0. The number of Topliss-reactive ketones (excluding diaryl/α,β-unsaturated/α-hetero) is 1. The van der Waals surface area contributed by atoms with Gasteiger partial charge in [-0.2, -0.15) is 0 Å². The van der Waals surface area contributed by atoms with Crippen molar-refractivity contribution in [2.75, 3.05) is 20.3 Å². The van der Waals surface area contributed by atoms with Crippen molar-refractivity contribution >= 4 is 11.7 Å². The molecule has 0 aromatic rings. The molecule has 1 amide bonds. The molecule has 0 aliphatic heterocycles. The van der Waals surface area contributed by atoms with E-state index in [1.807, 2.05) is 20.8 Å². The van der Waals surface area contributed by atoms with Crippen LogP contribution in [0.1, 0.15) is 33.6 Å². The first-order valence-electron chi connectivity index (χ1n) is 5.17. The second-order valence-electron chi connectivity index (χ2n) is 4.55. The molecule has 0 radical (unpaired) electrons. The largest absolute Gasteiger partial charge is 0.385 e. The molecular formula is C11H21NO3. The minimum Gasteiger partial charge on any atom is -0.385 e. The van der Waals surface area contributed by atoms with Crippen molar-refractivity contribution in [2.45, 2.75) is 33.6 Å². The molecule has 0 rings (SSSR count). The second-order valence-corrected chi connectivity index (χ2v) is 4.55. The molecule has 0 fully saturated rings. The molecule has 0 saturated carbocycles. The average molecular weight is 215 g/mol. The maximum Gasteiger partial charge on any atom is 0.220 e. The Labute approximate surface area is 91.4 Å². The standard InChI is InChI=1S/C11H21NO3/c1-11(2,3)9(13)8-12-10(14)6-5-7-15-4/h5-8H2,1-4H3,(H,12,14). The molecule has 0 bridgehead atoms. The number of methoxy groups -OCH3 is 1. The van der Waals surface area contributed by atoms with Crippen molar-refractivity contribution in [1.29, 1.82) is 0 Å². The molecule has 88 valence electrons. The molecule has 0 atom stereocenters. The fraction of sp³-hybridized carbons (Fsp3) is 0.818. The van der Waals surface area contributed by atoms with E-state index in [1.54, 1.807) is 7.11 Å². The number of carbonyl (C=O) groups excluding carboxylic acids is 2. The summed E-state index contributed by atoms with van der Waals surface area (Å²) in [5.74, 6) is -0.0489. The lowest BCUT2D eigenvalue weighted by Crippen LogP contribution is -2.35. The maximum atomic E-state index is 11.5. The summed E-state index contributed by atoms with van der Waals surface area (Å²) < 4.78 is 4.83. The number of hydrogen-bond donors (Lipinski definition) is 1. The molecule has 15 heavy (non-hydrogen) atoms. The van der Waals surface area contributed by atoms with E-state index in [4.69, 9.17) is 4.74 Å². The lowest BCUT2D eigenvalue weighted by molar-refractivity contribution is -0.129. The Morgan fingerprint density at radius 1 is 1.27 bits per heavy atom.